The first-order chi connectivity index (χ1) is 16.6. The van der Waals surface area contributed by atoms with Gasteiger partial charge in [0.25, 0.3) is 20.1 Å². The summed E-state index contributed by atoms with van der Waals surface area (Å²) in [6, 6.07) is 22.1. The maximum Gasteiger partial charge on any atom is 0.294 e. The van der Waals surface area contributed by atoms with Crippen LogP contribution < -0.4 is 10.0 Å². The van der Waals surface area contributed by atoms with E-state index in [1.54, 1.807) is 55.5 Å². The lowest BCUT2D eigenvalue weighted by Crippen LogP contribution is -2.30. The van der Waals surface area contributed by atoms with Crippen LogP contribution in [0.25, 0.3) is 10.8 Å². The minimum absolute atomic E-state index is 0.0260. The maximum absolute atomic E-state index is 13.5. The number of benzene rings is 4. The number of nitrogens with zero attached hydrogens (tertiary/aromatic N) is 3. The zero-order valence-corrected chi connectivity index (χ0v) is 20.2. The van der Waals surface area contributed by atoms with Gasteiger partial charge in [-0.25, -0.2) is 8.42 Å². The molecule has 0 aliphatic rings. The Hall–Kier alpha value is -3.80. The van der Waals surface area contributed by atoms with Crippen LogP contribution in [0.3, 0.4) is 0 Å². The minimum atomic E-state index is -4.38. The summed E-state index contributed by atoms with van der Waals surface area (Å²) in [6.45, 7) is 1.95. The molecule has 0 aliphatic heterocycles. The zero-order valence-electron chi connectivity index (χ0n) is 18.6. The maximum atomic E-state index is 13.5. The van der Waals surface area contributed by atoms with E-state index in [1.807, 2.05) is 0 Å². The molecular formula is C24H22N4O5S2. The topological polar surface area (TPSA) is 142 Å². The van der Waals surface area contributed by atoms with Crippen molar-refractivity contribution in [3.8, 4) is 0 Å². The van der Waals surface area contributed by atoms with Crippen molar-refractivity contribution in [3.05, 3.63) is 84.9 Å². The molecule has 0 unspecified atom stereocenters. The van der Waals surface area contributed by atoms with E-state index in [2.05, 4.69) is 10.2 Å². The second-order valence-corrected chi connectivity index (χ2v) is 10.8. The van der Waals surface area contributed by atoms with Crippen molar-refractivity contribution in [2.75, 3.05) is 16.6 Å². The van der Waals surface area contributed by atoms with Gasteiger partial charge in [-0.15, -0.1) is 10.2 Å². The molecule has 0 bridgehead atoms. The number of anilines is 2. The van der Waals surface area contributed by atoms with Crippen molar-refractivity contribution < 1.29 is 21.4 Å². The molecule has 9 nitrogen and oxygen atoms in total. The van der Waals surface area contributed by atoms with Crippen LogP contribution in [0.15, 0.2) is 105 Å². The van der Waals surface area contributed by atoms with Crippen molar-refractivity contribution in [3.63, 3.8) is 0 Å². The third kappa shape index (κ3) is 4.87. The van der Waals surface area contributed by atoms with E-state index >= 15 is 0 Å². The van der Waals surface area contributed by atoms with Gasteiger partial charge >= 0.3 is 0 Å². The lowest BCUT2D eigenvalue weighted by Gasteiger charge is -2.23. The van der Waals surface area contributed by atoms with Gasteiger partial charge in [-0.2, -0.15) is 8.42 Å². The molecule has 3 N–H and O–H groups in total. The highest BCUT2D eigenvalue weighted by molar-refractivity contribution is 7.93. The molecule has 11 heteroatoms. The average Bonchev–Trinajstić information content (AvgIpc) is 2.83. The Morgan fingerprint density at radius 2 is 1.54 bits per heavy atom. The molecule has 0 aliphatic carbocycles. The van der Waals surface area contributed by atoms with Gasteiger partial charge in [0.2, 0.25) is 0 Å². The molecule has 35 heavy (non-hydrogen) atoms. The fourth-order valence-electron chi connectivity index (χ4n) is 3.65. The number of rotatable bonds is 7. The first kappa shape index (κ1) is 24.3. The van der Waals surface area contributed by atoms with Crippen LogP contribution in [0.4, 0.5) is 22.7 Å². The van der Waals surface area contributed by atoms with E-state index < -0.39 is 20.1 Å². The third-order valence-corrected chi connectivity index (χ3v) is 8.11. The van der Waals surface area contributed by atoms with Gasteiger partial charge in [0.05, 0.1) is 16.3 Å². The molecule has 0 heterocycles. The SMILES string of the molecule is CCN(c1ccccc1)S(=O)(=O)c1ccccc1N=Nc1c(N)ccc2cc(S(=O)(=O)O)ccc12. The van der Waals surface area contributed by atoms with E-state index in [1.165, 1.54) is 40.7 Å². The van der Waals surface area contributed by atoms with Crippen molar-refractivity contribution in [1.82, 2.24) is 0 Å². The number of para-hydroxylation sites is 1. The van der Waals surface area contributed by atoms with E-state index in [0.29, 0.717) is 16.5 Å². The van der Waals surface area contributed by atoms with Crippen LogP contribution in [-0.4, -0.2) is 27.9 Å². The van der Waals surface area contributed by atoms with Crippen molar-refractivity contribution >= 4 is 53.7 Å². The lowest BCUT2D eigenvalue weighted by atomic mass is 10.1. The Bertz CT molecular complexity index is 1640. The molecule has 4 aromatic rings. The van der Waals surface area contributed by atoms with Crippen LogP contribution in [0.1, 0.15) is 6.92 Å². The van der Waals surface area contributed by atoms with Crippen LogP contribution in [0.2, 0.25) is 0 Å². The molecule has 0 saturated carbocycles. The fourth-order valence-corrected chi connectivity index (χ4v) is 5.76. The summed E-state index contributed by atoms with van der Waals surface area (Å²) in [4.78, 5) is -0.295. The van der Waals surface area contributed by atoms with Gasteiger partial charge in [-0.3, -0.25) is 8.86 Å². The summed E-state index contributed by atoms with van der Waals surface area (Å²) >= 11 is 0. The first-order valence-electron chi connectivity index (χ1n) is 10.5. The van der Waals surface area contributed by atoms with Crippen LogP contribution in [0.5, 0.6) is 0 Å². The quantitative estimate of drug-likeness (QED) is 0.196. The average molecular weight is 511 g/mol. The Morgan fingerprint density at radius 1 is 0.857 bits per heavy atom. The number of fused-ring (bicyclic) bond motifs is 1. The highest BCUT2D eigenvalue weighted by atomic mass is 32.2. The smallest absolute Gasteiger partial charge is 0.294 e. The second-order valence-electron chi connectivity index (χ2n) is 7.53. The number of sulfonamides is 1. The van der Waals surface area contributed by atoms with Gasteiger partial charge in [0.1, 0.15) is 16.3 Å². The largest absolute Gasteiger partial charge is 0.397 e. The summed E-state index contributed by atoms with van der Waals surface area (Å²) < 4.78 is 60.6. The molecule has 0 aromatic heterocycles. The minimum Gasteiger partial charge on any atom is -0.397 e. The summed E-state index contributed by atoms with van der Waals surface area (Å²) in [5, 5.41) is 9.39. The molecular weight excluding hydrogens is 488 g/mol. The molecule has 0 radical (unpaired) electrons. The Morgan fingerprint density at radius 3 is 2.23 bits per heavy atom. The fraction of sp³-hybridized carbons (Fsp3) is 0.0833. The predicted molar refractivity (Wildman–Crippen MR) is 135 cm³/mol. The third-order valence-electron chi connectivity index (χ3n) is 5.31. The normalized spacial score (nSPS) is 12.3. The van der Waals surface area contributed by atoms with Crippen molar-refractivity contribution in [2.45, 2.75) is 16.7 Å². The van der Waals surface area contributed by atoms with Crippen molar-refractivity contribution in [1.29, 1.82) is 0 Å². The molecule has 4 rings (SSSR count). The van der Waals surface area contributed by atoms with Gasteiger partial charge in [0, 0.05) is 11.9 Å². The molecule has 4 aromatic carbocycles. The summed E-state index contributed by atoms with van der Waals surface area (Å²) in [6.07, 6.45) is 0. The Balaban J connectivity index is 1.80. The van der Waals surface area contributed by atoms with E-state index in [-0.39, 0.29) is 33.4 Å². The number of hydrogen-bond acceptors (Lipinski definition) is 7. The number of nitrogen functional groups attached to an aromatic ring is 1. The summed E-state index contributed by atoms with van der Waals surface area (Å²) in [5.41, 5.74) is 7.24. The highest BCUT2D eigenvalue weighted by Crippen LogP contribution is 2.36. The monoisotopic (exact) mass is 510 g/mol. The lowest BCUT2D eigenvalue weighted by molar-refractivity contribution is 0.483. The van der Waals surface area contributed by atoms with Gasteiger partial charge < -0.3 is 5.73 Å². The molecule has 0 saturated heterocycles. The molecule has 0 amide bonds. The number of nitrogens with two attached hydrogens (primary N) is 1. The molecule has 0 atom stereocenters. The summed E-state index contributed by atoms with van der Waals surface area (Å²) in [7, 11) is -8.34. The van der Waals surface area contributed by atoms with Crippen LogP contribution in [-0.2, 0) is 20.1 Å². The Labute approximate surface area is 203 Å². The predicted octanol–water partition coefficient (Wildman–Crippen LogP) is 5.30. The standard InChI is InChI=1S/C24H22N4O5S2/c1-2-28(18-8-4-3-5-9-18)34(29,30)23-11-7-6-10-22(23)26-27-24-20-14-13-19(35(31,32)33)16-17(20)12-15-21(24)25/h3-16H,2,25H2,1H3,(H,31,32,33). The van der Waals surface area contributed by atoms with Crippen molar-refractivity contribution in [2.24, 2.45) is 10.2 Å². The van der Waals surface area contributed by atoms with Gasteiger partial charge in [-0.1, -0.05) is 42.5 Å². The molecule has 0 spiro atoms. The Kier molecular flexibility index (Phi) is 6.57. The number of hydrogen-bond donors (Lipinski definition) is 2. The molecule has 0 fully saturated rings. The summed E-state index contributed by atoms with van der Waals surface area (Å²) in [5.74, 6) is 0. The number of azo groups is 1. The van der Waals surface area contributed by atoms with Crippen LogP contribution in [0, 0.1) is 0 Å². The zero-order chi connectivity index (χ0) is 25.2. The van der Waals surface area contributed by atoms with Gasteiger partial charge in [-0.05, 0) is 54.8 Å². The first-order valence-corrected chi connectivity index (χ1v) is 13.4. The second kappa shape index (κ2) is 9.45. The van der Waals surface area contributed by atoms with E-state index in [0.717, 1.165) is 0 Å². The van der Waals surface area contributed by atoms with E-state index in [9.17, 15) is 21.4 Å². The van der Waals surface area contributed by atoms with Crippen LogP contribution >= 0.6 is 0 Å². The van der Waals surface area contributed by atoms with E-state index in [4.69, 9.17) is 5.73 Å². The highest BCUT2D eigenvalue weighted by Gasteiger charge is 2.26. The van der Waals surface area contributed by atoms with Gasteiger partial charge in [0.15, 0.2) is 0 Å². The molecule has 180 valence electrons.